The Morgan fingerprint density at radius 3 is 2.14 bits per heavy atom. The number of carboxylic acid groups (broad SMARTS) is 1. The van der Waals surface area contributed by atoms with Gasteiger partial charge in [-0.3, -0.25) is 0 Å². The zero-order valence-corrected chi connectivity index (χ0v) is 15.3. The third-order valence-electron chi connectivity index (χ3n) is 3.65. The van der Waals surface area contributed by atoms with Gasteiger partial charge in [-0.15, -0.1) is 13.2 Å². The maximum atomic E-state index is 12.5. The third-order valence-corrected chi connectivity index (χ3v) is 5.22. The standard InChI is InChI=1S/C17H17F3N2O5S/c1-11(15(21-16(23)24)12-5-3-2-4-6-12)22-28(25,26)14-9-7-13(8-10-14)27-17(18,19)20/h2-11,15,21-22H,1H3,(H,23,24)/t11-,15-/m0/s1. The van der Waals surface area contributed by atoms with Gasteiger partial charge in [0.05, 0.1) is 10.9 Å². The second-order valence-electron chi connectivity index (χ2n) is 5.77. The van der Waals surface area contributed by atoms with Crippen molar-refractivity contribution in [3.8, 4) is 5.75 Å². The van der Waals surface area contributed by atoms with E-state index in [9.17, 15) is 26.4 Å². The van der Waals surface area contributed by atoms with E-state index >= 15 is 0 Å². The van der Waals surface area contributed by atoms with Crippen molar-refractivity contribution in [3.05, 3.63) is 60.2 Å². The van der Waals surface area contributed by atoms with Crippen molar-refractivity contribution < 1.29 is 36.2 Å². The summed E-state index contributed by atoms with van der Waals surface area (Å²) in [5.41, 5.74) is 0.536. The Balaban J connectivity index is 2.20. The molecule has 28 heavy (non-hydrogen) atoms. The Morgan fingerprint density at radius 2 is 1.64 bits per heavy atom. The molecule has 1 amide bonds. The van der Waals surface area contributed by atoms with Crippen LogP contribution in [0.1, 0.15) is 18.5 Å². The molecule has 2 aromatic rings. The minimum absolute atomic E-state index is 0.295. The van der Waals surface area contributed by atoms with Gasteiger partial charge in [0.15, 0.2) is 0 Å². The number of alkyl halides is 3. The molecule has 2 rings (SSSR count). The summed E-state index contributed by atoms with van der Waals surface area (Å²) in [7, 11) is -4.13. The first-order chi connectivity index (χ1) is 13.0. The molecule has 0 bridgehead atoms. The van der Waals surface area contributed by atoms with Crippen molar-refractivity contribution in [3.63, 3.8) is 0 Å². The van der Waals surface area contributed by atoms with Crippen LogP contribution in [0.3, 0.4) is 0 Å². The van der Waals surface area contributed by atoms with E-state index in [0.717, 1.165) is 24.3 Å². The number of hydrogen-bond donors (Lipinski definition) is 3. The normalized spacial score (nSPS) is 14.1. The first-order valence-corrected chi connectivity index (χ1v) is 9.39. The van der Waals surface area contributed by atoms with E-state index in [-0.39, 0.29) is 4.90 Å². The molecular weight excluding hydrogens is 401 g/mol. The minimum Gasteiger partial charge on any atom is -0.465 e. The van der Waals surface area contributed by atoms with Gasteiger partial charge in [0.2, 0.25) is 10.0 Å². The third kappa shape index (κ3) is 6.13. The SMILES string of the molecule is C[C@H](NS(=O)(=O)c1ccc(OC(F)(F)F)cc1)[C@H](NC(=O)O)c1ccccc1. The average molecular weight is 418 g/mol. The summed E-state index contributed by atoms with van der Waals surface area (Å²) in [5, 5.41) is 11.3. The molecule has 11 heteroatoms. The smallest absolute Gasteiger partial charge is 0.465 e. The highest BCUT2D eigenvalue weighted by molar-refractivity contribution is 7.89. The fourth-order valence-corrected chi connectivity index (χ4v) is 3.75. The summed E-state index contributed by atoms with van der Waals surface area (Å²) in [6, 6.07) is 10.2. The molecule has 0 fully saturated rings. The molecule has 2 atom stereocenters. The van der Waals surface area contributed by atoms with Crippen molar-refractivity contribution in [1.82, 2.24) is 10.0 Å². The Morgan fingerprint density at radius 1 is 1.07 bits per heavy atom. The molecule has 3 N–H and O–H groups in total. The van der Waals surface area contributed by atoms with Gasteiger partial charge in [-0.2, -0.15) is 0 Å². The van der Waals surface area contributed by atoms with Crippen LogP contribution in [0.15, 0.2) is 59.5 Å². The van der Waals surface area contributed by atoms with Crippen LogP contribution < -0.4 is 14.8 Å². The predicted octanol–water partition coefficient (Wildman–Crippen LogP) is 3.26. The van der Waals surface area contributed by atoms with Crippen LogP contribution in [0.5, 0.6) is 5.75 Å². The second kappa shape index (κ2) is 8.48. The molecule has 0 heterocycles. The monoisotopic (exact) mass is 418 g/mol. The van der Waals surface area contributed by atoms with Crippen molar-refractivity contribution in [2.75, 3.05) is 0 Å². The highest BCUT2D eigenvalue weighted by atomic mass is 32.2. The fraction of sp³-hybridized carbons (Fsp3) is 0.235. The molecule has 0 aliphatic carbocycles. The van der Waals surface area contributed by atoms with E-state index in [1.807, 2.05) is 0 Å². The summed E-state index contributed by atoms with van der Waals surface area (Å²) >= 11 is 0. The van der Waals surface area contributed by atoms with E-state index < -0.39 is 40.3 Å². The summed E-state index contributed by atoms with van der Waals surface area (Å²) in [6.45, 7) is 1.46. The van der Waals surface area contributed by atoms with Crippen LogP contribution in [0.4, 0.5) is 18.0 Å². The lowest BCUT2D eigenvalue weighted by Gasteiger charge is -2.25. The number of ether oxygens (including phenoxy) is 1. The average Bonchev–Trinajstić information content (AvgIpc) is 2.59. The number of rotatable bonds is 7. The molecule has 0 unspecified atom stereocenters. The number of halogens is 3. The first kappa shape index (κ1) is 21.5. The highest BCUT2D eigenvalue weighted by Gasteiger charge is 2.31. The maximum Gasteiger partial charge on any atom is 0.573 e. The summed E-state index contributed by atoms with van der Waals surface area (Å²) < 4.78 is 67.6. The Hall–Kier alpha value is -2.79. The first-order valence-electron chi connectivity index (χ1n) is 7.90. The largest absolute Gasteiger partial charge is 0.573 e. The zero-order valence-electron chi connectivity index (χ0n) is 14.5. The van der Waals surface area contributed by atoms with Crippen molar-refractivity contribution in [2.45, 2.75) is 30.3 Å². The van der Waals surface area contributed by atoms with Gasteiger partial charge in [0, 0.05) is 6.04 Å². The van der Waals surface area contributed by atoms with Crippen LogP contribution in [0.2, 0.25) is 0 Å². The number of amides is 1. The van der Waals surface area contributed by atoms with Crippen molar-refractivity contribution in [2.24, 2.45) is 0 Å². The molecule has 0 aliphatic heterocycles. The molecule has 0 aliphatic rings. The highest BCUT2D eigenvalue weighted by Crippen LogP contribution is 2.24. The number of hydrogen-bond acceptors (Lipinski definition) is 4. The molecule has 0 saturated heterocycles. The zero-order chi connectivity index (χ0) is 20.9. The molecule has 0 saturated carbocycles. The topological polar surface area (TPSA) is 105 Å². The quantitative estimate of drug-likeness (QED) is 0.640. The van der Waals surface area contributed by atoms with Gasteiger partial charge in [0.1, 0.15) is 5.75 Å². The van der Waals surface area contributed by atoms with Gasteiger partial charge >= 0.3 is 12.5 Å². The van der Waals surface area contributed by atoms with Gasteiger partial charge in [0.25, 0.3) is 0 Å². The van der Waals surface area contributed by atoms with Crippen LogP contribution in [0, 0.1) is 0 Å². The van der Waals surface area contributed by atoms with Crippen LogP contribution in [-0.2, 0) is 10.0 Å². The number of benzene rings is 2. The van der Waals surface area contributed by atoms with E-state index in [4.69, 9.17) is 5.11 Å². The Labute approximate surface area is 159 Å². The van der Waals surface area contributed by atoms with E-state index in [1.165, 1.54) is 6.92 Å². The fourth-order valence-electron chi connectivity index (χ4n) is 2.49. The summed E-state index contributed by atoms with van der Waals surface area (Å²) in [6.07, 6.45) is -6.23. The summed E-state index contributed by atoms with van der Waals surface area (Å²) in [5.74, 6) is -0.561. The van der Waals surface area contributed by atoms with Gasteiger partial charge < -0.3 is 15.2 Å². The van der Waals surface area contributed by atoms with Crippen LogP contribution in [0.25, 0.3) is 0 Å². The molecular formula is C17H17F3N2O5S. The molecule has 0 aromatic heterocycles. The minimum atomic E-state index is -4.89. The lowest BCUT2D eigenvalue weighted by atomic mass is 10.0. The Bertz CT molecular complexity index is 903. The van der Waals surface area contributed by atoms with E-state index in [2.05, 4.69) is 14.8 Å². The predicted molar refractivity (Wildman–Crippen MR) is 93.3 cm³/mol. The van der Waals surface area contributed by atoms with Gasteiger partial charge in [-0.25, -0.2) is 17.9 Å². The van der Waals surface area contributed by atoms with Crippen LogP contribution >= 0.6 is 0 Å². The Kier molecular flexibility index (Phi) is 6.52. The summed E-state index contributed by atoms with van der Waals surface area (Å²) in [4.78, 5) is 10.8. The lowest BCUT2D eigenvalue weighted by Crippen LogP contribution is -2.44. The number of nitrogens with one attached hydrogen (secondary N) is 2. The number of sulfonamides is 1. The molecule has 0 spiro atoms. The van der Waals surface area contributed by atoms with E-state index in [1.54, 1.807) is 30.3 Å². The maximum absolute atomic E-state index is 12.5. The van der Waals surface area contributed by atoms with Gasteiger partial charge in [-0.05, 0) is 36.8 Å². The molecule has 2 aromatic carbocycles. The van der Waals surface area contributed by atoms with Gasteiger partial charge in [-0.1, -0.05) is 30.3 Å². The second-order valence-corrected chi connectivity index (χ2v) is 7.48. The number of carbonyl (C=O) groups is 1. The lowest BCUT2D eigenvalue weighted by molar-refractivity contribution is -0.274. The van der Waals surface area contributed by atoms with E-state index in [0.29, 0.717) is 5.56 Å². The van der Waals surface area contributed by atoms with Crippen molar-refractivity contribution >= 4 is 16.1 Å². The molecule has 0 radical (unpaired) electrons. The van der Waals surface area contributed by atoms with Crippen molar-refractivity contribution in [1.29, 1.82) is 0 Å². The molecule has 152 valence electrons. The van der Waals surface area contributed by atoms with Crippen LogP contribution in [-0.4, -0.2) is 32.0 Å². The molecule has 7 nitrogen and oxygen atoms in total.